The summed E-state index contributed by atoms with van der Waals surface area (Å²) in [4.78, 5) is 19.1. The number of anilines is 1. The molecule has 28 heavy (non-hydrogen) atoms. The lowest BCUT2D eigenvalue weighted by Crippen LogP contribution is -2.40. The summed E-state index contributed by atoms with van der Waals surface area (Å²) in [7, 11) is 0. The van der Waals surface area contributed by atoms with Crippen molar-refractivity contribution in [2.75, 3.05) is 37.6 Å². The molecule has 5 nitrogen and oxygen atoms in total. The van der Waals surface area contributed by atoms with E-state index >= 15 is 0 Å². The first-order chi connectivity index (χ1) is 13.6. The standard InChI is InChI=1S/C22H30N4OS/c1-4-23-10-11-24-21(27)14-26(5-2)20-9-8-18(12-16(20)3)22-25-19(15-28-22)13-17-6-7-17/h8-9,12-13,15,23H,4-7,10-11,14H2,1-3H3,(H,24,27). The number of thiazole rings is 1. The van der Waals surface area contributed by atoms with E-state index < -0.39 is 0 Å². The molecule has 3 rings (SSSR count). The molecule has 1 aliphatic carbocycles. The molecule has 2 N–H and O–H groups in total. The Morgan fingerprint density at radius 3 is 2.79 bits per heavy atom. The SMILES string of the molecule is CCNCCNC(=O)CN(CC)c1ccc(-c2nc(C=C3CC3)cs2)cc1C. The predicted octanol–water partition coefficient (Wildman–Crippen LogP) is 3.85. The van der Waals surface area contributed by atoms with Gasteiger partial charge in [0.25, 0.3) is 0 Å². The van der Waals surface area contributed by atoms with Gasteiger partial charge in [-0.05, 0) is 63.1 Å². The zero-order valence-electron chi connectivity index (χ0n) is 17.0. The Bertz CT molecular complexity index is 837. The van der Waals surface area contributed by atoms with Crippen molar-refractivity contribution in [2.45, 2.75) is 33.6 Å². The maximum Gasteiger partial charge on any atom is 0.239 e. The summed E-state index contributed by atoms with van der Waals surface area (Å²) in [5.74, 6) is 0.0564. The number of carbonyl (C=O) groups is 1. The van der Waals surface area contributed by atoms with Gasteiger partial charge in [0.05, 0.1) is 12.2 Å². The minimum absolute atomic E-state index is 0.0564. The molecular formula is C22H30N4OS. The Morgan fingerprint density at radius 2 is 2.11 bits per heavy atom. The number of hydrogen-bond donors (Lipinski definition) is 2. The van der Waals surface area contributed by atoms with Crippen LogP contribution >= 0.6 is 11.3 Å². The van der Waals surface area contributed by atoms with Gasteiger partial charge in [-0.1, -0.05) is 12.5 Å². The van der Waals surface area contributed by atoms with Crippen LogP contribution in [0.25, 0.3) is 16.6 Å². The largest absolute Gasteiger partial charge is 0.362 e. The van der Waals surface area contributed by atoms with Crippen molar-refractivity contribution < 1.29 is 4.79 Å². The lowest BCUT2D eigenvalue weighted by atomic mass is 10.1. The number of aryl methyl sites for hydroxylation is 1. The molecule has 0 radical (unpaired) electrons. The summed E-state index contributed by atoms with van der Waals surface area (Å²) < 4.78 is 0. The monoisotopic (exact) mass is 398 g/mol. The van der Waals surface area contributed by atoms with Gasteiger partial charge in [-0.25, -0.2) is 4.98 Å². The molecule has 6 heteroatoms. The minimum atomic E-state index is 0.0564. The number of nitrogens with zero attached hydrogens (tertiary/aromatic N) is 2. The average molecular weight is 399 g/mol. The topological polar surface area (TPSA) is 57.3 Å². The molecule has 0 aliphatic heterocycles. The Labute approximate surface area is 171 Å². The first-order valence-corrected chi connectivity index (χ1v) is 11.0. The fourth-order valence-electron chi connectivity index (χ4n) is 3.12. The van der Waals surface area contributed by atoms with Crippen LogP contribution in [0.2, 0.25) is 0 Å². The van der Waals surface area contributed by atoms with Crippen LogP contribution in [0, 0.1) is 6.92 Å². The van der Waals surface area contributed by atoms with Crippen LogP contribution in [-0.4, -0.2) is 43.6 Å². The molecule has 0 bridgehead atoms. The van der Waals surface area contributed by atoms with Crippen LogP contribution in [-0.2, 0) is 4.79 Å². The number of allylic oxidation sites excluding steroid dienone is 1. The number of likely N-dealkylation sites (N-methyl/N-ethyl adjacent to an activating group) is 2. The molecule has 0 saturated heterocycles. The van der Waals surface area contributed by atoms with Gasteiger partial charge in [0, 0.05) is 36.3 Å². The molecule has 0 atom stereocenters. The van der Waals surface area contributed by atoms with E-state index in [0.29, 0.717) is 13.1 Å². The molecule has 0 unspecified atom stereocenters. The molecule has 1 aromatic heterocycles. The number of aromatic nitrogens is 1. The van der Waals surface area contributed by atoms with Crippen molar-refractivity contribution in [2.24, 2.45) is 0 Å². The van der Waals surface area contributed by atoms with Crippen LogP contribution in [0.1, 0.15) is 37.9 Å². The third-order valence-electron chi connectivity index (χ3n) is 4.79. The van der Waals surface area contributed by atoms with E-state index in [2.05, 4.69) is 66.0 Å². The first-order valence-electron chi connectivity index (χ1n) is 10.1. The van der Waals surface area contributed by atoms with Gasteiger partial charge < -0.3 is 15.5 Å². The van der Waals surface area contributed by atoms with Gasteiger partial charge in [0.15, 0.2) is 0 Å². The van der Waals surface area contributed by atoms with Crippen LogP contribution in [0.3, 0.4) is 0 Å². The van der Waals surface area contributed by atoms with E-state index in [-0.39, 0.29) is 5.91 Å². The summed E-state index contributed by atoms with van der Waals surface area (Å²) >= 11 is 1.69. The van der Waals surface area contributed by atoms with Crippen molar-refractivity contribution in [3.05, 3.63) is 40.4 Å². The van der Waals surface area contributed by atoms with Gasteiger partial charge in [-0.3, -0.25) is 4.79 Å². The quantitative estimate of drug-likeness (QED) is 0.597. The Balaban J connectivity index is 1.65. The lowest BCUT2D eigenvalue weighted by Gasteiger charge is -2.24. The third-order valence-corrected chi connectivity index (χ3v) is 5.70. The average Bonchev–Trinajstić information content (AvgIpc) is 3.38. The molecule has 1 amide bonds. The molecule has 1 aromatic carbocycles. The summed E-state index contributed by atoms with van der Waals surface area (Å²) in [6.07, 6.45) is 4.64. The zero-order valence-corrected chi connectivity index (χ0v) is 17.9. The molecule has 1 aliphatic rings. The smallest absolute Gasteiger partial charge is 0.239 e. The fraction of sp³-hybridized carbons (Fsp3) is 0.455. The highest BCUT2D eigenvalue weighted by atomic mass is 32.1. The second-order valence-electron chi connectivity index (χ2n) is 7.10. The predicted molar refractivity (Wildman–Crippen MR) is 119 cm³/mol. The maximum absolute atomic E-state index is 12.3. The van der Waals surface area contributed by atoms with E-state index in [4.69, 9.17) is 4.98 Å². The summed E-state index contributed by atoms with van der Waals surface area (Å²) in [6.45, 7) is 9.78. The summed E-state index contributed by atoms with van der Waals surface area (Å²) in [5, 5.41) is 9.36. The van der Waals surface area contributed by atoms with E-state index in [1.165, 1.54) is 18.4 Å². The molecule has 1 fully saturated rings. The van der Waals surface area contributed by atoms with E-state index in [0.717, 1.165) is 47.2 Å². The number of rotatable bonds is 10. The lowest BCUT2D eigenvalue weighted by molar-refractivity contribution is -0.119. The Kier molecular flexibility index (Phi) is 7.23. The molecule has 1 saturated carbocycles. The van der Waals surface area contributed by atoms with Crippen molar-refractivity contribution in [1.82, 2.24) is 15.6 Å². The second kappa shape index (κ2) is 9.85. The van der Waals surface area contributed by atoms with Crippen LogP contribution < -0.4 is 15.5 Å². The van der Waals surface area contributed by atoms with Crippen molar-refractivity contribution in [3.8, 4) is 10.6 Å². The number of benzene rings is 1. The van der Waals surface area contributed by atoms with Gasteiger partial charge in [0.2, 0.25) is 5.91 Å². The summed E-state index contributed by atoms with van der Waals surface area (Å²) in [6, 6.07) is 6.40. The van der Waals surface area contributed by atoms with Gasteiger partial charge in [-0.15, -0.1) is 11.3 Å². The van der Waals surface area contributed by atoms with Crippen molar-refractivity contribution in [1.29, 1.82) is 0 Å². The Morgan fingerprint density at radius 1 is 1.29 bits per heavy atom. The zero-order chi connectivity index (χ0) is 19.9. The fourth-order valence-corrected chi connectivity index (χ4v) is 3.89. The van der Waals surface area contributed by atoms with Crippen molar-refractivity contribution in [3.63, 3.8) is 0 Å². The molecule has 1 heterocycles. The Hall–Kier alpha value is -2.18. The third kappa shape index (κ3) is 5.66. The number of hydrogen-bond acceptors (Lipinski definition) is 5. The van der Waals surface area contributed by atoms with Gasteiger partial charge in [-0.2, -0.15) is 0 Å². The first kappa shape index (κ1) is 20.6. The molecule has 150 valence electrons. The highest BCUT2D eigenvalue weighted by molar-refractivity contribution is 7.13. The van der Waals surface area contributed by atoms with E-state index in [9.17, 15) is 4.79 Å². The second-order valence-corrected chi connectivity index (χ2v) is 7.96. The van der Waals surface area contributed by atoms with Crippen LogP contribution in [0.4, 0.5) is 5.69 Å². The van der Waals surface area contributed by atoms with E-state index in [1.54, 1.807) is 11.3 Å². The molecular weight excluding hydrogens is 368 g/mol. The number of carbonyl (C=O) groups excluding carboxylic acids is 1. The van der Waals surface area contributed by atoms with Gasteiger partial charge in [0.1, 0.15) is 5.01 Å². The van der Waals surface area contributed by atoms with Crippen molar-refractivity contribution >= 4 is 29.0 Å². The maximum atomic E-state index is 12.3. The molecule has 2 aromatic rings. The summed E-state index contributed by atoms with van der Waals surface area (Å²) in [5.41, 5.74) is 5.96. The van der Waals surface area contributed by atoms with Crippen LogP contribution in [0.15, 0.2) is 29.2 Å². The normalized spacial score (nSPS) is 12.8. The van der Waals surface area contributed by atoms with Crippen LogP contribution in [0.5, 0.6) is 0 Å². The van der Waals surface area contributed by atoms with Gasteiger partial charge >= 0.3 is 0 Å². The minimum Gasteiger partial charge on any atom is -0.362 e. The molecule has 0 spiro atoms. The highest BCUT2D eigenvalue weighted by Gasteiger charge is 2.15. The van der Waals surface area contributed by atoms with E-state index in [1.807, 2.05) is 0 Å². The highest BCUT2D eigenvalue weighted by Crippen LogP contribution is 2.33. The number of nitrogens with one attached hydrogen (secondary N) is 2. The number of amides is 1.